The van der Waals surface area contributed by atoms with Gasteiger partial charge in [-0.25, -0.2) is 9.50 Å². The standard InChI is InChI=1S/C31H28N8O2/c1-19(35-30(40)27-28(32)36-38-16-8-15-33-29(27)38)25-17-22-10-7-9-21(13-14-23-18-34-37(3)20(23)2)26(22)31(41)39(25)24-11-5-4-6-12-24/h4-19H,1-3H3,(H2,32,36)(H,35,40)/b14-13+/t19-/m0/s1. The third kappa shape index (κ3) is 4.55. The minimum absolute atomic E-state index is 0.0765. The van der Waals surface area contributed by atoms with Gasteiger partial charge in [-0.15, -0.1) is 5.10 Å². The molecule has 0 aliphatic carbocycles. The number of benzene rings is 2. The topological polar surface area (TPSA) is 125 Å². The Hall–Kier alpha value is -5.51. The fraction of sp³-hybridized carbons (Fsp3) is 0.129. The minimum atomic E-state index is -0.560. The first-order valence-corrected chi connectivity index (χ1v) is 13.1. The molecule has 0 saturated heterocycles. The van der Waals surface area contributed by atoms with Crippen LogP contribution in [-0.4, -0.2) is 34.9 Å². The van der Waals surface area contributed by atoms with E-state index in [0.717, 1.165) is 22.2 Å². The summed E-state index contributed by atoms with van der Waals surface area (Å²) in [6, 6.07) is 18.2. The van der Waals surface area contributed by atoms with E-state index in [-0.39, 0.29) is 16.9 Å². The lowest BCUT2D eigenvalue weighted by molar-refractivity contribution is 0.0941. The van der Waals surface area contributed by atoms with Crippen molar-refractivity contribution >= 4 is 40.3 Å². The normalized spacial score (nSPS) is 12.4. The van der Waals surface area contributed by atoms with Gasteiger partial charge in [-0.3, -0.25) is 18.8 Å². The Balaban J connectivity index is 1.47. The summed E-state index contributed by atoms with van der Waals surface area (Å²) >= 11 is 0. The maximum absolute atomic E-state index is 14.3. The number of carbonyl (C=O) groups excluding carboxylic acids is 1. The number of nitrogens with zero attached hydrogens (tertiary/aromatic N) is 6. The Morgan fingerprint density at radius 3 is 2.59 bits per heavy atom. The van der Waals surface area contributed by atoms with Gasteiger partial charge >= 0.3 is 0 Å². The summed E-state index contributed by atoms with van der Waals surface area (Å²) in [4.78, 5) is 32.0. The quantitative estimate of drug-likeness (QED) is 0.322. The minimum Gasteiger partial charge on any atom is -0.381 e. The fourth-order valence-electron chi connectivity index (χ4n) is 5.03. The molecule has 0 spiro atoms. The van der Waals surface area contributed by atoms with Gasteiger partial charge in [0, 0.05) is 42.1 Å². The summed E-state index contributed by atoms with van der Waals surface area (Å²) in [6.07, 6.45) is 8.96. The molecule has 0 fully saturated rings. The van der Waals surface area contributed by atoms with E-state index in [1.54, 1.807) is 29.2 Å². The monoisotopic (exact) mass is 544 g/mol. The maximum Gasteiger partial charge on any atom is 0.263 e. The van der Waals surface area contributed by atoms with E-state index in [2.05, 4.69) is 20.5 Å². The Labute approximate surface area is 235 Å². The zero-order chi connectivity index (χ0) is 28.7. The summed E-state index contributed by atoms with van der Waals surface area (Å²) in [5, 5.41) is 12.8. The first kappa shape index (κ1) is 25.8. The second kappa shape index (κ2) is 10.2. The number of nitrogen functional groups attached to an aromatic ring is 1. The van der Waals surface area contributed by atoms with Crippen molar-refractivity contribution in [3.8, 4) is 5.69 Å². The summed E-state index contributed by atoms with van der Waals surface area (Å²) in [6.45, 7) is 3.83. The molecule has 1 atom stereocenters. The predicted molar refractivity (Wildman–Crippen MR) is 160 cm³/mol. The van der Waals surface area contributed by atoms with Crippen molar-refractivity contribution in [1.29, 1.82) is 0 Å². The lowest BCUT2D eigenvalue weighted by atomic mass is 10.0. The van der Waals surface area contributed by atoms with E-state index in [4.69, 9.17) is 5.73 Å². The van der Waals surface area contributed by atoms with E-state index in [1.165, 1.54) is 4.52 Å². The molecular formula is C31H28N8O2. The number of nitrogens with one attached hydrogen (secondary N) is 1. The molecule has 4 heterocycles. The molecule has 6 aromatic rings. The first-order chi connectivity index (χ1) is 19.8. The van der Waals surface area contributed by atoms with Gasteiger partial charge < -0.3 is 11.1 Å². The van der Waals surface area contributed by atoms with Crippen molar-refractivity contribution < 1.29 is 4.79 Å². The molecule has 0 saturated carbocycles. The Kier molecular flexibility index (Phi) is 6.43. The van der Waals surface area contributed by atoms with Gasteiger partial charge in [0.1, 0.15) is 5.56 Å². The van der Waals surface area contributed by atoms with Gasteiger partial charge in [0.2, 0.25) is 0 Å². The SMILES string of the molecule is Cc1c(/C=C/c2cccc3cc([C@H](C)NC(=O)c4c(N)nn5cccnc45)n(-c4ccccc4)c(=O)c23)cnn1C. The number of hydrogen-bond acceptors (Lipinski definition) is 6. The van der Waals surface area contributed by atoms with Crippen molar-refractivity contribution in [1.82, 2.24) is 34.3 Å². The summed E-state index contributed by atoms with van der Waals surface area (Å²) in [7, 11) is 1.89. The van der Waals surface area contributed by atoms with Crippen LogP contribution in [0.2, 0.25) is 0 Å². The van der Waals surface area contributed by atoms with Crippen LogP contribution < -0.4 is 16.6 Å². The number of para-hydroxylation sites is 1. The highest BCUT2D eigenvalue weighted by Gasteiger charge is 2.24. The number of anilines is 1. The summed E-state index contributed by atoms with van der Waals surface area (Å²) < 4.78 is 4.92. The molecule has 204 valence electrons. The molecule has 0 bridgehead atoms. The number of fused-ring (bicyclic) bond motifs is 2. The van der Waals surface area contributed by atoms with Gasteiger partial charge in [-0.05, 0) is 49.1 Å². The number of rotatable bonds is 6. The second-order valence-electron chi connectivity index (χ2n) is 9.84. The average Bonchev–Trinajstić information content (AvgIpc) is 3.49. The van der Waals surface area contributed by atoms with Crippen molar-refractivity contribution in [3.05, 3.63) is 118 Å². The van der Waals surface area contributed by atoms with Gasteiger partial charge in [0.05, 0.1) is 17.6 Å². The molecule has 1 amide bonds. The number of carbonyl (C=O) groups is 1. The molecule has 10 nitrogen and oxygen atoms in total. The van der Waals surface area contributed by atoms with Crippen LogP contribution in [0, 0.1) is 6.92 Å². The van der Waals surface area contributed by atoms with E-state index in [9.17, 15) is 9.59 Å². The molecule has 41 heavy (non-hydrogen) atoms. The van der Waals surface area contributed by atoms with Crippen LogP contribution in [0.25, 0.3) is 34.3 Å². The molecule has 0 unspecified atom stereocenters. The summed E-state index contributed by atoms with van der Waals surface area (Å²) in [5.74, 6) is -0.355. The highest BCUT2D eigenvalue weighted by Crippen LogP contribution is 2.26. The van der Waals surface area contributed by atoms with Gasteiger partial charge in [0.25, 0.3) is 11.5 Å². The Morgan fingerprint density at radius 2 is 1.83 bits per heavy atom. The third-order valence-corrected chi connectivity index (χ3v) is 7.28. The summed E-state index contributed by atoms with van der Waals surface area (Å²) in [5.41, 5.74) is 10.5. The third-order valence-electron chi connectivity index (χ3n) is 7.28. The fourth-order valence-corrected chi connectivity index (χ4v) is 5.03. The van der Waals surface area contributed by atoms with Crippen LogP contribution in [0.3, 0.4) is 0 Å². The van der Waals surface area contributed by atoms with E-state index >= 15 is 0 Å². The molecule has 3 N–H and O–H groups in total. The van der Waals surface area contributed by atoms with Crippen LogP contribution in [0.15, 0.2) is 84.0 Å². The predicted octanol–water partition coefficient (Wildman–Crippen LogP) is 4.32. The maximum atomic E-state index is 14.3. The molecule has 4 aromatic heterocycles. The Morgan fingerprint density at radius 1 is 1.05 bits per heavy atom. The molecule has 6 rings (SSSR count). The lowest BCUT2D eigenvalue weighted by Gasteiger charge is -2.21. The van der Waals surface area contributed by atoms with Crippen LogP contribution >= 0.6 is 0 Å². The number of hydrogen-bond donors (Lipinski definition) is 2. The number of aryl methyl sites for hydroxylation is 1. The zero-order valence-electron chi connectivity index (χ0n) is 22.8. The van der Waals surface area contributed by atoms with Crippen molar-refractivity contribution in [3.63, 3.8) is 0 Å². The van der Waals surface area contributed by atoms with E-state index in [0.29, 0.717) is 22.4 Å². The number of nitrogens with two attached hydrogens (primary N) is 1. The molecule has 0 radical (unpaired) electrons. The van der Waals surface area contributed by atoms with Crippen LogP contribution in [0.5, 0.6) is 0 Å². The highest BCUT2D eigenvalue weighted by molar-refractivity contribution is 6.04. The molecule has 2 aromatic carbocycles. The van der Waals surface area contributed by atoms with Gasteiger partial charge in [-0.2, -0.15) is 5.10 Å². The van der Waals surface area contributed by atoms with Crippen LogP contribution in [0.1, 0.15) is 45.8 Å². The van der Waals surface area contributed by atoms with Crippen molar-refractivity contribution in [2.24, 2.45) is 7.05 Å². The number of amides is 1. The Bertz CT molecular complexity index is 2020. The van der Waals surface area contributed by atoms with Gasteiger partial charge in [0.15, 0.2) is 11.5 Å². The highest BCUT2D eigenvalue weighted by atomic mass is 16.2. The zero-order valence-corrected chi connectivity index (χ0v) is 22.8. The molecule has 10 heteroatoms. The van der Waals surface area contributed by atoms with Crippen LogP contribution in [-0.2, 0) is 7.05 Å². The molecular weight excluding hydrogens is 516 g/mol. The van der Waals surface area contributed by atoms with Crippen molar-refractivity contribution in [2.45, 2.75) is 19.9 Å². The van der Waals surface area contributed by atoms with Crippen LogP contribution in [0.4, 0.5) is 5.82 Å². The average molecular weight is 545 g/mol. The molecule has 0 aliphatic heterocycles. The smallest absolute Gasteiger partial charge is 0.263 e. The number of aromatic nitrogens is 6. The van der Waals surface area contributed by atoms with Crippen molar-refractivity contribution in [2.75, 3.05) is 5.73 Å². The van der Waals surface area contributed by atoms with E-state index in [1.807, 2.05) is 92.3 Å². The second-order valence-corrected chi connectivity index (χ2v) is 9.84. The number of pyridine rings is 1. The van der Waals surface area contributed by atoms with Gasteiger partial charge in [-0.1, -0.05) is 48.6 Å². The lowest BCUT2D eigenvalue weighted by Crippen LogP contribution is -2.32. The first-order valence-electron chi connectivity index (χ1n) is 13.1. The molecule has 0 aliphatic rings. The largest absolute Gasteiger partial charge is 0.381 e. The van der Waals surface area contributed by atoms with E-state index < -0.39 is 11.9 Å².